The molecule has 0 aromatic carbocycles. The minimum Gasteiger partial charge on any atom is -0.396 e. The summed E-state index contributed by atoms with van der Waals surface area (Å²) in [5.74, 6) is 1.36. The third-order valence-corrected chi connectivity index (χ3v) is 2.63. The van der Waals surface area contributed by atoms with Crippen molar-refractivity contribution in [2.75, 3.05) is 13.2 Å². The van der Waals surface area contributed by atoms with E-state index in [0.717, 1.165) is 19.3 Å². The van der Waals surface area contributed by atoms with E-state index in [1.54, 1.807) is 0 Å². The van der Waals surface area contributed by atoms with E-state index >= 15 is 0 Å². The van der Waals surface area contributed by atoms with Crippen LogP contribution >= 0.6 is 0 Å². The lowest BCUT2D eigenvalue weighted by Crippen LogP contribution is -2.03. The molecule has 0 saturated heterocycles. The van der Waals surface area contributed by atoms with Crippen molar-refractivity contribution in [1.29, 1.82) is 0 Å². The fourth-order valence-corrected chi connectivity index (χ4v) is 1.52. The molecule has 0 aliphatic carbocycles. The monoisotopic (exact) mass is 188 g/mol. The van der Waals surface area contributed by atoms with Crippen molar-refractivity contribution in [2.24, 2.45) is 11.8 Å². The Kier molecular flexibility index (Phi) is 8.46. The average molecular weight is 188 g/mol. The molecular weight excluding hydrogens is 164 g/mol. The normalized spacial score (nSPS) is 15.7. The van der Waals surface area contributed by atoms with Gasteiger partial charge >= 0.3 is 0 Å². The summed E-state index contributed by atoms with van der Waals surface area (Å²) in [7, 11) is 0. The highest BCUT2D eigenvalue weighted by atomic mass is 16.3. The standard InChI is InChI=1S/C11H24O2/c1-10(4-3-8-12)5-6-11(2)7-9-13/h10-13H,3-9H2,1-2H3. The third kappa shape index (κ3) is 8.26. The zero-order chi connectivity index (χ0) is 10.1. The predicted octanol–water partition coefficient (Wildman–Crippen LogP) is 2.19. The summed E-state index contributed by atoms with van der Waals surface area (Å²) in [6.07, 6.45) is 5.40. The van der Waals surface area contributed by atoms with Crippen molar-refractivity contribution in [3.8, 4) is 0 Å². The highest BCUT2D eigenvalue weighted by Crippen LogP contribution is 2.18. The fourth-order valence-electron chi connectivity index (χ4n) is 1.52. The maximum Gasteiger partial charge on any atom is 0.0433 e. The van der Waals surface area contributed by atoms with Crippen LogP contribution in [0.3, 0.4) is 0 Å². The van der Waals surface area contributed by atoms with Gasteiger partial charge in [-0.3, -0.25) is 0 Å². The number of aliphatic hydroxyl groups is 2. The molecule has 2 N–H and O–H groups in total. The lowest BCUT2D eigenvalue weighted by Gasteiger charge is -2.14. The Bertz CT molecular complexity index is 104. The summed E-state index contributed by atoms with van der Waals surface area (Å²) < 4.78 is 0. The first-order chi connectivity index (χ1) is 6.20. The second-order valence-corrected chi connectivity index (χ2v) is 4.17. The van der Waals surface area contributed by atoms with Crippen LogP contribution in [0.25, 0.3) is 0 Å². The Morgan fingerprint density at radius 1 is 0.769 bits per heavy atom. The zero-order valence-electron chi connectivity index (χ0n) is 9.00. The molecule has 2 heteroatoms. The van der Waals surface area contributed by atoms with Gasteiger partial charge in [-0.05, 0) is 31.1 Å². The number of hydrogen-bond acceptors (Lipinski definition) is 2. The van der Waals surface area contributed by atoms with Gasteiger partial charge in [0.2, 0.25) is 0 Å². The molecule has 0 rings (SSSR count). The van der Waals surface area contributed by atoms with Gasteiger partial charge < -0.3 is 10.2 Å². The van der Waals surface area contributed by atoms with Gasteiger partial charge in [0.15, 0.2) is 0 Å². The Balaban J connectivity index is 3.29. The molecule has 2 unspecified atom stereocenters. The van der Waals surface area contributed by atoms with Crippen LogP contribution in [0.1, 0.15) is 46.0 Å². The molecule has 0 bridgehead atoms. The molecule has 0 aliphatic rings. The van der Waals surface area contributed by atoms with E-state index in [1.807, 2.05) is 0 Å². The quantitative estimate of drug-likeness (QED) is 0.613. The van der Waals surface area contributed by atoms with Crippen LogP contribution in [0.5, 0.6) is 0 Å². The first kappa shape index (κ1) is 12.9. The summed E-state index contributed by atoms with van der Waals surface area (Å²) >= 11 is 0. The zero-order valence-corrected chi connectivity index (χ0v) is 9.00. The topological polar surface area (TPSA) is 40.5 Å². The number of rotatable bonds is 8. The van der Waals surface area contributed by atoms with Gasteiger partial charge in [0, 0.05) is 13.2 Å². The van der Waals surface area contributed by atoms with Crippen molar-refractivity contribution in [3.05, 3.63) is 0 Å². The Hall–Kier alpha value is -0.0800. The van der Waals surface area contributed by atoms with Crippen LogP contribution in [-0.2, 0) is 0 Å². The van der Waals surface area contributed by atoms with Crippen LogP contribution in [0.4, 0.5) is 0 Å². The van der Waals surface area contributed by atoms with Crippen LogP contribution in [0, 0.1) is 11.8 Å². The Labute approximate surface area is 82.0 Å². The van der Waals surface area contributed by atoms with Crippen LogP contribution < -0.4 is 0 Å². The maximum atomic E-state index is 8.71. The van der Waals surface area contributed by atoms with Crippen molar-refractivity contribution in [2.45, 2.75) is 46.0 Å². The molecule has 0 saturated carbocycles. The van der Waals surface area contributed by atoms with Crippen LogP contribution in [0.15, 0.2) is 0 Å². The molecule has 80 valence electrons. The molecule has 13 heavy (non-hydrogen) atoms. The third-order valence-electron chi connectivity index (χ3n) is 2.63. The van der Waals surface area contributed by atoms with Crippen molar-refractivity contribution < 1.29 is 10.2 Å². The lowest BCUT2D eigenvalue weighted by atomic mass is 9.93. The maximum absolute atomic E-state index is 8.71. The Morgan fingerprint density at radius 3 is 1.77 bits per heavy atom. The molecule has 0 spiro atoms. The van der Waals surface area contributed by atoms with E-state index in [1.165, 1.54) is 12.8 Å². The van der Waals surface area contributed by atoms with E-state index < -0.39 is 0 Å². The minimum atomic E-state index is 0.312. The molecule has 0 radical (unpaired) electrons. The summed E-state index contributed by atoms with van der Waals surface area (Å²) in [4.78, 5) is 0. The van der Waals surface area contributed by atoms with Gasteiger partial charge in [0.25, 0.3) is 0 Å². The highest BCUT2D eigenvalue weighted by Gasteiger charge is 2.05. The first-order valence-electron chi connectivity index (χ1n) is 5.42. The van der Waals surface area contributed by atoms with Crippen molar-refractivity contribution in [3.63, 3.8) is 0 Å². The SMILES string of the molecule is CC(CCO)CCC(C)CCCO. The molecule has 2 nitrogen and oxygen atoms in total. The molecule has 0 aromatic rings. The van der Waals surface area contributed by atoms with E-state index in [9.17, 15) is 0 Å². The second-order valence-electron chi connectivity index (χ2n) is 4.17. The van der Waals surface area contributed by atoms with Gasteiger partial charge in [0.05, 0.1) is 0 Å². The van der Waals surface area contributed by atoms with Crippen LogP contribution in [0.2, 0.25) is 0 Å². The number of aliphatic hydroxyl groups excluding tert-OH is 2. The highest BCUT2D eigenvalue weighted by molar-refractivity contribution is 4.58. The van der Waals surface area contributed by atoms with Gasteiger partial charge in [-0.25, -0.2) is 0 Å². The Morgan fingerprint density at radius 2 is 1.31 bits per heavy atom. The van der Waals surface area contributed by atoms with Crippen LogP contribution in [-0.4, -0.2) is 23.4 Å². The molecule has 0 aromatic heterocycles. The van der Waals surface area contributed by atoms with Gasteiger partial charge in [-0.2, -0.15) is 0 Å². The van der Waals surface area contributed by atoms with E-state index in [0.29, 0.717) is 25.0 Å². The van der Waals surface area contributed by atoms with Gasteiger partial charge in [-0.1, -0.05) is 26.7 Å². The molecule has 0 heterocycles. The lowest BCUT2D eigenvalue weighted by molar-refractivity contribution is 0.247. The molecule has 0 fully saturated rings. The molecular formula is C11H24O2. The molecule has 0 aliphatic heterocycles. The largest absolute Gasteiger partial charge is 0.396 e. The molecule has 2 atom stereocenters. The van der Waals surface area contributed by atoms with Crippen molar-refractivity contribution >= 4 is 0 Å². The number of hydrogen-bond donors (Lipinski definition) is 2. The van der Waals surface area contributed by atoms with E-state index in [2.05, 4.69) is 13.8 Å². The second kappa shape index (κ2) is 8.52. The summed E-state index contributed by atoms with van der Waals surface area (Å²) in [6, 6.07) is 0. The summed E-state index contributed by atoms with van der Waals surface area (Å²) in [5.41, 5.74) is 0. The van der Waals surface area contributed by atoms with Gasteiger partial charge in [0.1, 0.15) is 0 Å². The van der Waals surface area contributed by atoms with E-state index in [-0.39, 0.29) is 0 Å². The van der Waals surface area contributed by atoms with Gasteiger partial charge in [-0.15, -0.1) is 0 Å². The molecule has 0 amide bonds. The van der Waals surface area contributed by atoms with E-state index in [4.69, 9.17) is 10.2 Å². The summed E-state index contributed by atoms with van der Waals surface area (Å²) in [5, 5.41) is 17.4. The minimum absolute atomic E-state index is 0.312. The van der Waals surface area contributed by atoms with Crippen molar-refractivity contribution in [1.82, 2.24) is 0 Å². The smallest absolute Gasteiger partial charge is 0.0433 e. The first-order valence-corrected chi connectivity index (χ1v) is 5.42. The fraction of sp³-hybridized carbons (Fsp3) is 1.00. The summed E-state index contributed by atoms with van der Waals surface area (Å²) in [6.45, 7) is 5.05. The predicted molar refractivity (Wildman–Crippen MR) is 55.6 cm³/mol. The average Bonchev–Trinajstić information content (AvgIpc) is 2.12.